The molecule has 1 aromatic rings. The quantitative estimate of drug-likeness (QED) is 0.832. The number of nitrogens with one attached hydrogen (secondary N) is 2. The summed E-state index contributed by atoms with van der Waals surface area (Å²) in [6.07, 6.45) is 0.113. The van der Waals surface area contributed by atoms with Crippen LogP contribution in [0.2, 0.25) is 0 Å². The molecule has 0 radical (unpaired) electrons. The predicted molar refractivity (Wildman–Crippen MR) is 62.0 cm³/mol. The van der Waals surface area contributed by atoms with E-state index < -0.39 is 17.5 Å². The standard InChI is InChI=1S/C12H14F2N2O2/c1-2-15-11(17)5-6-16-12(18)9-4-3-8(13)7-10(9)14/h3-4,7H,2,5-6H2,1H3,(H,15,17)(H,16,18). The van der Waals surface area contributed by atoms with E-state index in [1.165, 1.54) is 0 Å². The van der Waals surface area contributed by atoms with Gasteiger partial charge in [0, 0.05) is 25.6 Å². The molecule has 6 heteroatoms. The summed E-state index contributed by atoms with van der Waals surface area (Å²) in [5.41, 5.74) is -0.243. The zero-order valence-corrected chi connectivity index (χ0v) is 9.93. The molecular weight excluding hydrogens is 242 g/mol. The number of halogens is 2. The van der Waals surface area contributed by atoms with Crippen molar-refractivity contribution in [2.24, 2.45) is 0 Å². The minimum absolute atomic E-state index is 0.0987. The fraction of sp³-hybridized carbons (Fsp3) is 0.333. The summed E-state index contributed by atoms with van der Waals surface area (Å²) in [6, 6.07) is 2.70. The fourth-order valence-corrected chi connectivity index (χ4v) is 1.34. The van der Waals surface area contributed by atoms with Gasteiger partial charge in [0.25, 0.3) is 5.91 Å². The van der Waals surface area contributed by atoms with Gasteiger partial charge >= 0.3 is 0 Å². The van der Waals surface area contributed by atoms with Gasteiger partial charge in [-0.3, -0.25) is 9.59 Å². The van der Waals surface area contributed by atoms with Gasteiger partial charge in [-0.15, -0.1) is 0 Å². The van der Waals surface area contributed by atoms with Crippen LogP contribution in [-0.4, -0.2) is 24.9 Å². The molecule has 0 aliphatic rings. The van der Waals surface area contributed by atoms with Gasteiger partial charge in [-0.25, -0.2) is 8.78 Å². The van der Waals surface area contributed by atoms with Crippen molar-refractivity contribution in [1.29, 1.82) is 0 Å². The molecule has 0 saturated carbocycles. The second kappa shape index (κ2) is 6.68. The third-order valence-electron chi connectivity index (χ3n) is 2.19. The fourth-order valence-electron chi connectivity index (χ4n) is 1.34. The summed E-state index contributed by atoms with van der Waals surface area (Å²) >= 11 is 0. The van der Waals surface area contributed by atoms with Crippen LogP contribution >= 0.6 is 0 Å². The Hall–Kier alpha value is -1.98. The maximum absolute atomic E-state index is 13.2. The Morgan fingerprint density at radius 3 is 2.56 bits per heavy atom. The van der Waals surface area contributed by atoms with Crippen LogP contribution < -0.4 is 10.6 Å². The predicted octanol–water partition coefficient (Wildman–Crippen LogP) is 1.22. The van der Waals surface area contributed by atoms with Gasteiger partial charge in [-0.2, -0.15) is 0 Å². The van der Waals surface area contributed by atoms with E-state index in [0.29, 0.717) is 12.6 Å². The summed E-state index contributed by atoms with van der Waals surface area (Å²) in [7, 11) is 0. The molecule has 98 valence electrons. The molecular formula is C12H14F2N2O2. The van der Waals surface area contributed by atoms with Crippen molar-refractivity contribution in [3.8, 4) is 0 Å². The Kier molecular flexibility index (Phi) is 5.23. The molecule has 0 unspecified atom stereocenters. The first-order chi connectivity index (χ1) is 8.54. The SMILES string of the molecule is CCNC(=O)CCNC(=O)c1ccc(F)cc1F. The summed E-state index contributed by atoms with van der Waals surface area (Å²) in [5, 5.41) is 4.95. The molecule has 4 nitrogen and oxygen atoms in total. The third-order valence-corrected chi connectivity index (χ3v) is 2.19. The normalized spacial score (nSPS) is 9.94. The summed E-state index contributed by atoms with van der Waals surface area (Å²) in [6.45, 7) is 2.39. The molecule has 2 amide bonds. The number of hydrogen-bond acceptors (Lipinski definition) is 2. The van der Waals surface area contributed by atoms with E-state index in [1.807, 2.05) is 0 Å². The van der Waals surface area contributed by atoms with Crippen molar-refractivity contribution >= 4 is 11.8 Å². The maximum Gasteiger partial charge on any atom is 0.254 e. The molecule has 0 aromatic heterocycles. The zero-order valence-electron chi connectivity index (χ0n) is 9.93. The lowest BCUT2D eigenvalue weighted by atomic mass is 10.2. The van der Waals surface area contributed by atoms with Gasteiger partial charge in [0.2, 0.25) is 5.91 Å². The van der Waals surface area contributed by atoms with Crippen LogP contribution in [0.15, 0.2) is 18.2 Å². The number of hydrogen-bond donors (Lipinski definition) is 2. The molecule has 18 heavy (non-hydrogen) atoms. The Morgan fingerprint density at radius 1 is 1.22 bits per heavy atom. The van der Waals surface area contributed by atoms with Crippen molar-refractivity contribution in [2.45, 2.75) is 13.3 Å². The van der Waals surface area contributed by atoms with Crippen molar-refractivity contribution in [3.63, 3.8) is 0 Å². The molecule has 0 fully saturated rings. The van der Waals surface area contributed by atoms with Crippen LogP contribution in [0.25, 0.3) is 0 Å². The summed E-state index contributed by atoms with van der Waals surface area (Å²) in [5.74, 6) is -2.54. The number of carbonyl (C=O) groups is 2. The molecule has 0 heterocycles. The molecule has 0 aliphatic carbocycles. The second-order valence-electron chi connectivity index (χ2n) is 3.58. The summed E-state index contributed by atoms with van der Waals surface area (Å²) < 4.78 is 25.9. The number of carbonyl (C=O) groups excluding carboxylic acids is 2. The van der Waals surface area contributed by atoms with E-state index in [9.17, 15) is 18.4 Å². The first-order valence-electron chi connectivity index (χ1n) is 5.54. The van der Waals surface area contributed by atoms with Crippen LogP contribution in [-0.2, 0) is 4.79 Å². The monoisotopic (exact) mass is 256 g/mol. The van der Waals surface area contributed by atoms with Crippen molar-refractivity contribution in [2.75, 3.05) is 13.1 Å². The van der Waals surface area contributed by atoms with Gasteiger partial charge in [-0.1, -0.05) is 0 Å². The molecule has 1 aromatic carbocycles. The molecule has 0 aliphatic heterocycles. The average Bonchev–Trinajstić information content (AvgIpc) is 2.29. The largest absolute Gasteiger partial charge is 0.356 e. The number of benzene rings is 1. The van der Waals surface area contributed by atoms with E-state index in [1.54, 1.807) is 6.92 Å². The lowest BCUT2D eigenvalue weighted by Crippen LogP contribution is -2.31. The second-order valence-corrected chi connectivity index (χ2v) is 3.58. The minimum Gasteiger partial charge on any atom is -0.356 e. The smallest absolute Gasteiger partial charge is 0.254 e. The molecule has 1 rings (SSSR count). The molecule has 0 spiro atoms. The highest BCUT2D eigenvalue weighted by molar-refractivity contribution is 5.94. The number of rotatable bonds is 5. The van der Waals surface area contributed by atoms with E-state index in [-0.39, 0.29) is 24.4 Å². The zero-order chi connectivity index (χ0) is 13.5. The maximum atomic E-state index is 13.2. The molecule has 0 bridgehead atoms. The molecule has 0 saturated heterocycles. The number of amides is 2. The van der Waals surface area contributed by atoms with Crippen LogP contribution in [0.5, 0.6) is 0 Å². The highest BCUT2D eigenvalue weighted by Gasteiger charge is 2.12. The summed E-state index contributed by atoms with van der Waals surface area (Å²) in [4.78, 5) is 22.6. The van der Waals surface area contributed by atoms with Gasteiger partial charge in [0.15, 0.2) is 0 Å². The van der Waals surface area contributed by atoms with Crippen molar-refractivity contribution in [1.82, 2.24) is 10.6 Å². The Balaban J connectivity index is 2.48. The van der Waals surface area contributed by atoms with Gasteiger partial charge < -0.3 is 10.6 Å². The topological polar surface area (TPSA) is 58.2 Å². The highest BCUT2D eigenvalue weighted by atomic mass is 19.1. The first-order valence-corrected chi connectivity index (χ1v) is 5.54. The van der Waals surface area contributed by atoms with E-state index in [0.717, 1.165) is 12.1 Å². The van der Waals surface area contributed by atoms with E-state index >= 15 is 0 Å². The molecule has 2 N–H and O–H groups in total. The third kappa shape index (κ3) is 4.12. The van der Waals surface area contributed by atoms with Crippen LogP contribution in [0.3, 0.4) is 0 Å². The Bertz CT molecular complexity index is 450. The Labute approximate surface area is 103 Å². The van der Waals surface area contributed by atoms with Crippen LogP contribution in [0.1, 0.15) is 23.7 Å². The molecule has 0 atom stereocenters. The highest BCUT2D eigenvalue weighted by Crippen LogP contribution is 2.09. The van der Waals surface area contributed by atoms with Gasteiger partial charge in [0.05, 0.1) is 5.56 Å². The average molecular weight is 256 g/mol. The lowest BCUT2D eigenvalue weighted by Gasteiger charge is -2.06. The van der Waals surface area contributed by atoms with Crippen LogP contribution in [0, 0.1) is 11.6 Å². The first kappa shape index (κ1) is 14.1. The van der Waals surface area contributed by atoms with Gasteiger partial charge in [-0.05, 0) is 19.1 Å². The van der Waals surface area contributed by atoms with Crippen LogP contribution in [0.4, 0.5) is 8.78 Å². The van der Waals surface area contributed by atoms with Crippen molar-refractivity contribution in [3.05, 3.63) is 35.4 Å². The van der Waals surface area contributed by atoms with E-state index in [4.69, 9.17) is 0 Å². The van der Waals surface area contributed by atoms with Gasteiger partial charge in [0.1, 0.15) is 11.6 Å². The van der Waals surface area contributed by atoms with Crippen molar-refractivity contribution < 1.29 is 18.4 Å². The van der Waals surface area contributed by atoms with E-state index in [2.05, 4.69) is 10.6 Å². The Morgan fingerprint density at radius 2 is 1.94 bits per heavy atom. The minimum atomic E-state index is -0.925. The lowest BCUT2D eigenvalue weighted by molar-refractivity contribution is -0.120.